The minimum Gasteiger partial charge on any atom is -0.480 e. The summed E-state index contributed by atoms with van der Waals surface area (Å²) in [7, 11) is 0. The zero-order valence-corrected chi connectivity index (χ0v) is 23.5. The molecule has 0 bridgehead atoms. The van der Waals surface area contributed by atoms with E-state index in [2.05, 4.69) is 0 Å². The molecule has 220 valence electrons. The average Bonchev–Trinajstić information content (AvgIpc) is 2.86. The largest absolute Gasteiger partial charge is 0.513 e. The Morgan fingerprint density at radius 3 is 1.95 bits per heavy atom. The molecule has 39 heavy (non-hydrogen) atoms. The molecule has 0 saturated heterocycles. The lowest BCUT2D eigenvalue weighted by molar-refractivity contribution is -0.153. The predicted molar refractivity (Wildman–Crippen MR) is 143 cm³/mol. The van der Waals surface area contributed by atoms with Gasteiger partial charge in [0.05, 0.1) is 13.2 Å². The zero-order valence-electron chi connectivity index (χ0n) is 23.5. The fraction of sp³-hybridized carbons (Fsp3) is 0.643. The van der Waals surface area contributed by atoms with Crippen molar-refractivity contribution in [2.24, 2.45) is 5.73 Å². The van der Waals surface area contributed by atoms with Crippen LogP contribution in [-0.2, 0) is 30.2 Å². The molecule has 0 aliphatic carbocycles. The van der Waals surface area contributed by atoms with Gasteiger partial charge < -0.3 is 34.5 Å². The molecule has 3 N–H and O–H groups in total. The summed E-state index contributed by atoms with van der Waals surface area (Å²) in [4.78, 5) is 48.4. The summed E-state index contributed by atoms with van der Waals surface area (Å²) in [5.74, 6) is -2.00. The molecule has 0 aromatic heterocycles. The summed E-state index contributed by atoms with van der Waals surface area (Å²) >= 11 is 0. The smallest absolute Gasteiger partial charge is 0.480 e. The Kier molecular flexibility index (Phi) is 15.6. The van der Waals surface area contributed by atoms with Gasteiger partial charge in [-0.05, 0) is 43.9 Å². The molecule has 0 aliphatic heterocycles. The van der Waals surface area contributed by atoms with E-state index in [1.807, 2.05) is 20.8 Å². The molecule has 0 heterocycles. The molecule has 0 aliphatic rings. The number of carbonyl (C=O) groups excluding carboxylic acids is 3. The first-order valence-electron chi connectivity index (χ1n) is 13.6. The standard InChI is InChI=1S/C28H43NO10/c1-5-8-10-15-35-26(33)38-22-14-13-21(17-23(22)39-27(34)36-16-11-9-6-2)19-28(29,25(31)32)18-20(4)37-24(30)12-7-3/h13-14,17,20H,5-12,15-16,18-19,29H2,1-4H3,(H,31,32)/t20-,28?/m0/s1. The van der Waals surface area contributed by atoms with E-state index < -0.39 is 35.9 Å². The molecule has 0 radical (unpaired) electrons. The van der Waals surface area contributed by atoms with E-state index in [1.165, 1.54) is 18.2 Å². The minimum atomic E-state index is -1.80. The second kappa shape index (κ2) is 18.0. The number of nitrogens with two attached hydrogens (primary N) is 1. The number of esters is 1. The lowest BCUT2D eigenvalue weighted by Crippen LogP contribution is -2.52. The van der Waals surface area contributed by atoms with E-state index in [1.54, 1.807) is 6.92 Å². The highest BCUT2D eigenvalue weighted by atomic mass is 16.7. The van der Waals surface area contributed by atoms with Crippen LogP contribution in [0.25, 0.3) is 0 Å². The quantitative estimate of drug-likeness (QED) is 0.102. The molecule has 2 atom stereocenters. The van der Waals surface area contributed by atoms with Crippen molar-refractivity contribution in [2.45, 2.75) is 104 Å². The van der Waals surface area contributed by atoms with E-state index in [9.17, 15) is 24.3 Å². The summed E-state index contributed by atoms with van der Waals surface area (Å²) in [6.07, 6.45) is 2.75. The number of hydrogen-bond donors (Lipinski definition) is 2. The summed E-state index contributed by atoms with van der Waals surface area (Å²) in [6, 6.07) is 4.21. The van der Waals surface area contributed by atoms with Gasteiger partial charge in [0.25, 0.3) is 0 Å². The van der Waals surface area contributed by atoms with Crippen LogP contribution in [-0.4, -0.2) is 54.2 Å². The highest BCUT2D eigenvalue weighted by Crippen LogP contribution is 2.31. The van der Waals surface area contributed by atoms with Crippen molar-refractivity contribution in [2.75, 3.05) is 13.2 Å². The van der Waals surface area contributed by atoms with Crippen molar-refractivity contribution in [1.29, 1.82) is 0 Å². The number of benzene rings is 1. The molecule has 0 fully saturated rings. The Balaban J connectivity index is 3.09. The number of carboxylic acids is 1. The first-order chi connectivity index (χ1) is 18.5. The Labute approximate surface area is 230 Å². The Hall–Kier alpha value is -3.34. The molecule has 11 heteroatoms. The summed E-state index contributed by atoms with van der Waals surface area (Å²) < 4.78 is 26.0. The number of hydrogen-bond acceptors (Lipinski definition) is 10. The number of aliphatic carboxylic acids is 1. The first kappa shape index (κ1) is 33.7. The number of ether oxygens (including phenoxy) is 5. The third kappa shape index (κ3) is 13.3. The molecule has 1 aromatic carbocycles. The van der Waals surface area contributed by atoms with Gasteiger partial charge >= 0.3 is 24.2 Å². The molecule has 11 nitrogen and oxygen atoms in total. The van der Waals surface area contributed by atoms with Crippen LogP contribution in [0, 0.1) is 0 Å². The Bertz CT molecular complexity index is 935. The van der Waals surface area contributed by atoms with Gasteiger partial charge in [-0.2, -0.15) is 0 Å². The van der Waals surface area contributed by atoms with Gasteiger partial charge in [-0.15, -0.1) is 0 Å². The number of unbranched alkanes of at least 4 members (excludes halogenated alkanes) is 4. The molecule has 1 rings (SSSR count). The van der Waals surface area contributed by atoms with Crippen molar-refractivity contribution < 1.29 is 48.0 Å². The molecule has 0 spiro atoms. The van der Waals surface area contributed by atoms with Crippen LogP contribution in [0.4, 0.5) is 9.59 Å². The van der Waals surface area contributed by atoms with Gasteiger partial charge in [0.1, 0.15) is 11.6 Å². The highest BCUT2D eigenvalue weighted by molar-refractivity contribution is 5.79. The number of rotatable bonds is 18. The van der Waals surface area contributed by atoms with Crippen molar-refractivity contribution in [3.63, 3.8) is 0 Å². The van der Waals surface area contributed by atoms with Crippen LogP contribution in [0.3, 0.4) is 0 Å². The third-order valence-corrected chi connectivity index (χ3v) is 5.71. The van der Waals surface area contributed by atoms with Crippen molar-refractivity contribution in [1.82, 2.24) is 0 Å². The van der Waals surface area contributed by atoms with E-state index >= 15 is 0 Å². The maximum atomic E-state index is 12.3. The van der Waals surface area contributed by atoms with Gasteiger partial charge in [-0.1, -0.05) is 52.5 Å². The van der Waals surface area contributed by atoms with Gasteiger partial charge in [0, 0.05) is 19.3 Å². The van der Waals surface area contributed by atoms with Crippen molar-refractivity contribution in [3.05, 3.63) is 23.8 Å². The Morgan fingerprint density at radius 1 is 0.872 bits per heavy atom. The van der Waals surface area contributed by atoms with Crippen molar-refractivity contribution in [3.8, 4) is 11.5 Å². The lowest BCUT2D eigenvalue weighted by Gasteiger charge is -2.28. The predicted octanol–water partition coefficient (Wildman–Crippen LogP) is 5.54. The van der Waals surface area contributed by atoms with E-state index in [0.29, 0.717) is 24.8 Å². The third-order valence-electron chi connectivity index (χ3n) is 5.71. The normalized spacial score (nSPS) is 13.1. The van der Waals surface area contributed by atoms with E-state index in [0.717, 1.165) is 25.7 Å². The van der Waals surface area contributed by atoms with Crippen LogP contribution in [0.5, 0.6) is 11.5 Å². The summed E-state index contributed by atoms with van der Waals surface area (Å²) in [5, 5.41) is 9.87. The summed E-state index contributed by atoms with van der Waals surface area (Å²) in [6.45, 7) is 7.77. The van der Waals surface area contributed by atoms with Crippen LogP contribution in [0.2, 0.25) is 0 Å². The molecule has 0 saturated carbocycles. The number of carboxylic acid groups (broad SMARTS) is 1. The monoisotopic (exact) mass is 553 g/mol. The highest BCUT2D eigenvalue weighted by Gasteiger charge is 2.37. The molecular formula is C28H43NO10. The van der Waals surface area contributed by atoms with Crippen LogP contribution in [0.1, 0.15) is 91.0 Å². The first-order valence-corrected chi connectivity index (χ1v) is 13.6. The van der Waals surface area contributed by atoms with E-state index in [4.69, 9.17) is 29.4 Å². The zero-order chi connectivity index (χ0) is 29.3. The maximum absolute atomic E-state index is 12.3. The average molecular weight is 554 g/mol. The lowest BCUT2D eigenvalue weighted by atomic mass is 9.86. The second-order valence-electron chi connectivity index (χ2n) is 9.49. The van der Waals surface area contributed by atoms with Gasteiger partial charge in [-0.3, -0.25) is 9.59 Å². The fourth-order valence-electron chi connectivity index (χ4n) is 3.72. The van der Waals surface area contributed by atoms with Gasteiger partial charge in [-0.25, -0.2) is 9.59 Å². The SMILES string of the molecule is CCCCCOC(=O)Oc1ccc(CC(N)(C[C@H](C)OC(=O)CCC)C(=O)O)cc1OC(=O)OCCCCC. The van der Waals surface area contributed by atoms with Crippen LogP contribution < -0.4 is 15.2 Å². The Morgan fingerprint density at radius 2 is 1.44 bits per heavy atom. The fourth-order valence-corrected chi connectivity index (χ4v) is 3.72. The minimum absolute atomic E-state index is 0.107. The van der Waals surface area contributed by atoms with Gasteiger partial charge in [0.15, 0.2) is 11.5 Å². The summed E-state index contributed by atoms with van der Waals surface area (Å²) in [5.41, 5.74) is 4.82. The van der Waals surface area contributed by atoms with Gasteiger partial charge in [0.2, 0.25) is 0 Å². The molecular weight excluding hydrogens is 510 g/mol. The molecule has 1 aromatic rings. The van der Waals surface area contributed by atoms with E-state index in [-0.39, 0.29) is 44.0 Å². The van der Waals surface area contributed by atoms with Crippen LogP contribution >= 0.6 is 0 Å². The molecule has 0 amide bonds. The maximum Gasteiger partial charge on any atom is 0.513 e. The van der Waals surface area contributed by atoms with Crippen LogP contribution in [0.15, 0.2) is 18.2 Å². The number of carbonyl (C=O) groups is 4. The topological polar surface area (TPSA) is 161 Å². The van der Waals surface area contributed by atoms with Crippen molar-refractivity contribution >= 4 is 24.2 Å². The second-order valence-corrected chi connectivity index (χ2v) is 9.49. The molecule has 1 unspecified atom stereocenters.